The van der Waals surface area contributed by atoms with Gasteiger partial charge in [0.15, 0.2) is 0 Å². The standard InChI is InChI=1S/C11H17BrClNO2S2/c1-3-9(4-5-13)7-14-18(15,16)10-6-11(12)17-8(10)2/h6,9,14H,3-5,7H2,1-2H3. The molecule has 3 nitrogen and oxygen atoms in total. The zero-order chi connectivity index (χ0) is 13.8. The zero-order valence-electron chi connectivity index (χ0n) is 10.4. The molecule has 0 aliphatic rings. The summed E-state index contributed by atoms with van der Waals surface area (Å²) in [4.78, 5) is 1.15. The Bertz CT molecular complexity index is 487. The van der Waals surface area contributed by atoms with Crippen LogP contribution in [0, 0.1) is 12.8 Å². The number of nitrogens with one attached hydrogen (secondary N) is 1. The van der Waals surface area contributed by atoms with E-state index >= 15 is 0 Å². The highest BCUT2D eigenvalue weighted by Gasteiger charge is 2.20. The normalized spacial score (nSPS) is 13.8. The van der Waals surface area contributed by atoms with Crippen molar-refractivity contribution >= 4 is 48.9 Å². The summed E-state index contributed by atoms with van der Waals surface area (Å²) in [6, 6.07) is 1.64. The van der Waals surface area contributed by atoms with Crippen LogP contribution in [0.25, 0.3) is 0 Å². The third-order valence-corrected chi connectivity index (χ3v) is 6.24. The fourth-order valence-electron chi connectivity index (χ4n) is 1.61. The van der Waals surface area contributed by atoms with Crippen LogP contribution in [0.15, 0.2) is 14.7 Å². The van der Waals surface area contributed by atoms with E-state index in [1.807, 2.05) is 6.92 Å². The molecule has 1 rings (SSSR count). The second-order valence-corrected chi connectivity index (χ2v) is 8.82. The molecule has 0 aliphatic heterocycles. The molecule has 1 aromatic rings. The van der Waals surface area contributed by atoms with Crippen molar-refractivity contribution in [3.63, 3.8) is 0 Å². The third-order valence-electron chi connectivity index (χ3n) is 2.79. The van der Waals surface area contributed by atoms with Gasteiger partial charge < -0.3 is 0 Å². The Balaban J connectivity index is 2.74. The number of halogens is 2. The van der Waals surface area contributed by atoms with Crippen molar-refractivity contribution in [1.29, 1.82) is 0 Å². The van der Waals surface area contributed by atoms with E-state index in [0.29, 0.717) is 23.2 Å². The number of rotatable bonds is 7. The Kier molecular flexibility index (Phi) is 6.61. The Morgan fingerprint density at radius 2 is 2.22 bits per heavy atom. The molecule has 0 fully saturated rings. The maximum Gasteiger partial charge on any atom is 0.241 e. The predicted molar refractivity (Wildman–Crippen MR) is 81.1 cm³/mol. The Hall–Kier alpha value is 0.380. The summed E-state index contributed by atoms with van der Waals surface area (Å²) in [7, 11) is -3.41. The Morgan fingerprint density at radius 1 is 1.56 bits per heavy atom. The number of aryl methyl sites for hydroxylation is 1. The van der Waals surface area contributed by atoms with E-state index in [1.54, 1.807) is 13.0 Å². The lowest BCUT2D eigenvalue weighted by atomic mass is 10.0. The topological polar surface area (TPSA) is 46.2 Å². The minimum absolute atomic E-state index is 0.291. The fourth-order valence-corrected chi connectivity index (χ4v) is 5.44. The van der Waals surface area contributed by atoms with E-state index in [1.165, 1.54) is 11.3 Å². The van der Waals surface area contributed by atoms with E-state index in [9.17, 15) is 8.42 Å². The molecule has 0 spiro atoms. The third kappa shape index (κ3) is 4.49. The van der Waals surface area contributed by atoms with E-state index in [-0.39, 0.29) is 0 Å². The first-order chi connectivity index (χ1) is 8.40. The number of hydrogen-bond acceptors (Lipinski definition) is 3. The molecule has 0 amide bonds. The maximum absolute atomic E-state index is 12.1. The van der Waals surface area contributed by atoms with Gasteiger partial charge in [0.1, 0.15) is 0 Å². The largest absolute Gasteiger partial charge is 0.241 e. The molecule has 7 heteroatoms. The molecule has 0 saturated carbocycles. The van der Waals surface area contributed by atoms with E-state index in [2.05, 4.69) is 20.7 Å². The van der Waals surface area contributed by atoms with Crippen LogP contribution in [0.3, 0.4) is 0 Å². The molecule has 0 radical (unpaired) electrons. The Labute approximate surface area is 126 Å². The van der Waals surface area contributed by atoms with Crippen LogP contribution >= 0.6 is 38.9 Å². The van der Waals surface area contributed by atoms with Gasteiger partial charge in [-0.1, -0.05) is 13.3 Å². The first-order valence-corrected chi connectivity index (χ1v) is 9.35. The van der Waals surface area contributed by atoms with Crippen molar-refractivity contribution in [1.82, 2.24) is 4.72 Å². The van der Waals surface area contributed by atoms with Crippen molar-refractivity contribution in [2.45, 2.75) is 31.6 Å². The van der Waals surface area contributed by atoms with Crippen LogP contribution in [0.5, 0.6) is 0 Å². The monoisotopic (exact) mass is 373 g/mol. The highest BCUT2D eigenvalue weighted by molar-refractivity contribution is 9.11. The van der Waals surface area contributed by atoms with Gasteiger partial charge in [-0.25, -0.2) is 13.1 Å². The average molecular weight is 375 g/mol. The van der Waals surface area contributed by atoms with Gasteiger partial charge in [0.25, 0.3) is 0 Å². The van der Waals surface area contributed by atoms with Crippen LogP contribution in [0.2, 0.25) is 0 Å². The molecule has 104 valence electrons. The fraction of sp³-hybridized carbons (Fsp3) is 0.636. The van der Waals surface area contributed by atoms with Crippen LogP contribution in [0.4, 0.5) is 0 Å². The molecule has 0 aromatic carbocycles. The maximum atomic E-state index is 12.1. The van der Waals surface area contributed by atoms with Crippen molar-refractivity contribution in [2.24, 2.45) is 5.92 Å². The minimum Gasteiger partial charge on any atom is -0.211 e. The van der Waals surface area contributed by atoms with E-state index < -0.39 is 10.0 Å². The van der Waals surface area contributed by atoms with Gasteiger partial charge in [-0.15, -0.1) is 22.9 Å². The molecule has 1 unspecified atom stereocenters. The van der Waals surface area contributed by atoms with Crippen molar-refractivity contribution in [2.75, 3.05) is 12.4 Å². The number of thiophene rings is 1. The van der Waals surface area contributed by atoms with E-state index in [4.69, 9.17) is 11.6 Å². The molecule has 0 aliphatic carbocycles. The summed E-state index contributed by atoms with van der Waals surface area (Å²) in [5.74, 6) is 0.850. The van der Waals surface area contributed by atoms with Crippen molar-refractivity contribution in [3.05, 3.63) is 14.7 Å². The quantitative estimate of drug-likeness (QED) is 0.739. The SMILES string of the molecule is CCC(CCCl)CNS(=O)(=O)c1cc(Br)sc1C. The summed E-state index contributed by atoms with van der Waals surface area (Å²) < 4.78 is 27.8. The smallest absolute Gasteiger partial charge is 0.211 e. The van der Waals surface area contributed by atoms with Crippen LogP contribution < -0.4 is 4.72 Å². The first-order valence-electron chi connectivity index (χ1n) is 5.72. The summed E-state index contributed by atoms with van der Waals surface area (Å²) in [6.07, 6.45) is 1.74. The lowest BCUT2D eigenvalue weighted by molar-refractivity contribution is 0.481. The molecular weight excluding hydrogens is 358 g/mol. The van der Waals surface area contributed by atoms with Gasteiger partial charge in [-0.3, -0.25) is 0 Å². The second kappa shape index (κ2) is 7.24. The highest BCUT2D eigenvalue weighted by atomic mass is 79.9. The number of hydrogen-bond donors (Lipinski definition) is 1. The zero-order valence-corrected chi connectivity index (χ0v) is 14.3. The van der Waals surface area contributed by atoms with Gasteiger partial charge in [-0.05, 0) is 41.3 Å². The summed E-state index contributed by atoms with van der Waals surface area (Å²) in [6.45, 7) is 4.29. The molecule has 1 heterocycles. The van der Waals surface area contributed by atoms with E-state index in [0.717, 1.165) is 21.5 Å². The van der Waals surface area contributed by atoms with Crippen molar-refractivity contribution in [3.8, 4) is 0 Å². The molecule has 0 saturated heterocycles. The lowest BCUT2D eigenvalue weighted by Crippen LogP contribution is -2.29. The van der Waals surface area contributed by atoms with Gasteiger partial charge in [-0.2, -0.15) is 0 Å². The lowest BCUT2D eigenvalue weighted by Gasteiger charge is -2.14. The first kappa shape index (κ1) is 16.4. The number of alkyl halides is 1. The van der Waals surface area contributed by atoms with Gasteiger partial charge in [0.2, 0.25) is 10.0 Å². The Morgan fingerprint density at radius 3 is 2.67 bits per heavy atom. The molecule has 1 N–H and O–H groups in total. The summed E-state index contributed by atoms with van der Waals surface area (Å²) in [5.41, 5.74) is 0. The number of sulfonamides is 1. The second-order valence-electron chi connectivity index (χ2n) is 4.07. The van der Waals surface area contributed by atoms with Gasteiger partial charge in [0.05, 0.1) is 8.68 Å². The van der Waals surface area contributed by atoms with Gasteiger partial charge >= 0.3 is 0 Å². The summed E-state index contributed by atoms with van der Waals surface area (Å²) in [5, 5.41) is 0. The molecular formula is C11H17BrClNO2S2. The van der Waals surface area contributed by atoms with Crippen LogP contribution in [-0.2, 0) is 10.0 Å². The summed E-state index contributed by atoms with van der Waals surface area (Å²) >= 11 is 10.4. The van der Waals surface area contributed by atoms with Gasteiger partial charge in [0, 0.05) is 17.3 Å². The molecule has 18 heavy (non-hydrogen) atoms. The highest BCUT2D eigenvalue weighted by Crippen LogP contribution is 2.29. The van der Waals surface area contributed by atoms with Crippen LogP contribution in [-0.4, -0.2) is 20.8 Å². The predicted octanol–water partition coefficient (Wildman–Crippen LogP) is 3.75. The average Bonchev–Trinajstić information content (AvgIpc) is 2.64. The molecule has 0 bridgehead atoms. The minimum atomic E-state index is -3.41. The van der Waals surface area contributed by atoms with Crippen LogP contribution in [0.1, 0.15) is 24.6 Å². The molecule has 1 atom stereocenters. The van der Waals surface area contributed by atoms with Crippen molar-refractivity contribution < 1.29 is 8.42 Å². The molecule has 1 aromatic heterocycles.